The molecule has 1 aliphatic rings. The maximum atomic E-state index is 13.0. The van der Waals surface area contributed by atoms with Gasteiger partial charge >= 0.3 is 0 Å². The molecule has 2 aromatic carbocycles. The van der Waals surface area contributed by atoms with Gasteiger partial charge in [-0.25, -0.2) is 4.68 Å². The summed E-state index contributed by atoms with van der Waals surface area (Å²) in [7, 11) is 0. The molecule has 0 spiro atoms. The maximum Gasteiger partial charge on any atom is 0.278 e. The Morgan fingerprint density at radius 2 is 1.55 bits per heavy atom. The molecule has 6 nitrogen and oxygen atoms in total. The third-order valence-corrected chi connectivity index (χ3v) is 5.24. The fraction of sp³-hybridized carbons (Fsp3) is 0.261. The lowest BCUT2D eigenvalue weighted by Crippen LogP contribution is -2.50. The van der Waals surface area contributed by atoms with Gasteiger partial charge in [0, 0.05) is 43.6 Å². The molecule has 1 aliphatic heterocycles. The number of nitrogens with zero attached hydrogens (tertiary/aromatic N) is 4. The van der Waals surface area contributed by atoms with Gasteiger partial charge < -0.3 is 9.80 Å². The molecule has 4 rings (SSSR count). The molecule has 0 bridgehead atoms. The van der Waals surface area contributed by atoms with Crippen molar-refractivity contribution in [1.29, 1.82) is 0 Å². The number of amides is 1. The van der Waals surface area contributed by atoms with Crippen LogP contribution in [0.3, 0.4) is 0 Å². The number of para-hydroxylation sites is 1. The summed E-state index contributed by atoms with van der Waals surface area (Å²) in [5, 5.41) is 4.41. The first-order valence-electron chi connectivity index (χ1n) is 9.80. The van der Waals surface area contributed by atoms with Crippen LogP contribution in [0, 0.1) is 13.8 Å². The van der Waals surface area contributed by atoms with Crippen LogP contribution in [-0.2, 0) is 0 Å². The van der Waals surface area contributed by atoms with E-state index in [0.717, 1.165) is 24.5 Å². The molecule has 1 amide bonds. The highest BCUT2D eigenvalue weighted by Crippen LogP contribution is 2.18. The zero-order valence-electron chi connectivity index (χ0n) is 16.7. The molecule has 1 aromatic heterocycles. The lowest BCUT2D eigenvalue weighted by molar-refractivity contribution is 0.0737. The average molecular weight is 388 g/mol. The molecule has 1 fully saturated rings. The van der Waals surface area contributed by atoms with Crippen LogP contribution < -0.4 is 10.3 Å². The fourth-order valence-corrected chi connectivity index (χ4v) is 3.67. The summed E-state index contributed by atoms with van der Waals surface area (Å²) in [6.45, 7) is 6.47. The number of carbonyl (C=O) groups is 1. The summed E-state index contributed by atoms with van der Waals surface area (Å²) in [5.41, 5.74) is 3.54. The Hall–Kier alpha value is -3.41. The first kappa shape index (κ1) is 18.9. The largest absolute Gasteiger partial charge is 0.368 e. The number of anilines is 1. The standard InChI is InChI=1S/C23H24N4O2/c1-17-7-6-10-20(15-17)25-11-13-26(14-12-25)23(29)22-21(28)16-18(2)27(24-22)19-8-4-3-5-9-19/h3-10,15-16H,11-14H2,1-2H3. The van der Waals surface area contributed by atoms with E-state index in [9.17, 15) is 9.59 Å². The fourth-order valence-electron chi connectivity index (χ4n) is 3.67. The number of aromatic nitrogens is 2. The predicted molar refractivity (Wildman–Crippen MR) is 114 cm³/mol. The molecule has 0 aliphatic carbocycles. The van der Waals surface area contributed by atoms with Crippen molar-refractivity contribution in [2.24, 2.45) is 0 Å². The highest BCUT2D eigenvalue weighted by atomic mass is 16.2. The van der Waals surface area contributed by atoms with Gasteiger partial charge in [0.2, 0.25) is 5.43 Å². The second kappa shape index (κ2) is 7.91. The Balaban J connectivity index is 1.54. The SMILES string of the molecule is Cc1cccc(N2CCN(C(=O)c3nn(-c4ccccc4)c(C)cc3=O)CC2)c1. The molecule has 148 valence electrons. The molecule has 0 saturated carbocycles. The molecule has 2 heterocycles. The van der Waals surface area contributed by atoms with Gasteiger partial charge in [0.1, 0.15) is 0 Å². The van der Waals surface area contributed by atoms with E-state index in [1.165, 1.54) is 11.6 Å². The summed E-state index contributed by atoms with van der Waals surface area (Å²) in [6.07, 6.45) is 0. The molecule has 3 aromatic rings. The van der Waals surface area contributed by atoms with E-state index in [-0.39, 0.29) is 17.0 Å². The highest BCUT2D eigenvalue weighted by molar-refractivity contribution is 5.92. The summed E-state index contributed by atoms with van der Waals surface area (Å²) >= 11 is 0. The Kier molecular flexibility index (Phi) is 5.16. The maximum absolute atomic E-state index is 13.0. The zero-order valence-corrected chi connectivity index (χ0v) is 16.7. The number of piperazine rings is 1. The van der Waals surface area contributed by atoms with Gasteiger partial charge in [0.15, 0.2) is 5.69 Å². The molecule has 6 heteroatoms. The lowest BCUT2D eigenvalue weighted by atomic mass is 10.2. The number of benzene rings is 2. The molecule has 0 radical (unpaired) electrons. The van der Waals surface area contributed by atoms with Gasteiger partial charge in [-0.15, -0.1) is 0 Å². The summed E-state index contributed by atoms with van der Waals surface area (Å²) in [4.78, 5) is 29.5. The monoisotopic (exact) mass is 388 g/mol. The van der Waals surface area contributed by atoms with Crippen LogP contribution in [0.1, 0.15) is 21.7 Å². The smallest absolute Gasteiger partial charge is 0.278 e. The second-order valence-corrected chi connectivity index (χ2v) is 7.36. The number of aryl methyl sites for hydroxylation is 2. The second-order valence-electron chi connectivity index (χ2n) is 7.36. The van der Waals surface area contributed by atoms with E-state index in [1.54, 1.807) is 9.58 Å². The van der Waals surface area contributed by atoms with Gasteiger partial charge in [-0.05, 0) is 43.7 Å². The van der Waals surface area contributed by atoms with Crippen LogP contribution in [0.4, 0.5) is 5.69 Å². The molecular formula is C23H24N4O2. The van der Waals surface area contributed by atoms with E-state index in [4.69, 9.17) is 0 Å². The van der Waals surface area contributed by atoms with E-state index in [0.29, 0.717) is 18.8 Å². The van der Waals surface area contributed by atoms with Crippen molar-refractivity contribution in [3.63, 3.8) is 0 Å². The minimum absolute atomic E-state index is 0.0246. The minimum Gasteiger partial charge on any atom is -0.368 e. The van der Waals surface area contributed by atoms with Crippen molar-refractivity contribution < 1.29 is 4.79 Å². The normalized spacial score (nSPS) is 14.1. The minimum atomic E-state index is -0.333. The van der Waals surface area contributed by atoms with Gasteiger partial charge in [0.25, 0.3) is 5.91 Å². The van der Waals surface area contributed by atoms with Gasteiger partial charge in [0.05, 0.1) is 5.69 Å². The molecule has 0 atom stereocenters. The Labute approximate surface area is 170 Å². The van der Waals surface area contributed by atoms with E-state index in [1.807, 2.05) is 43.3 Å². The van der Waals surface area contributed by atoms with Crippen LogP contribution in [-0.4, -0.2) is 46.8 Å². The predicted octanol–water partition coefficient (Wildman–Crippen LogP) is 2.81. The van der Waals surface area contributed by atoms with Crippen LogP contribution in [0.2, 0.25) is 0 Å². The highest BCUT2D eigenvalue weighted by Gasteiger charge is 2.26. The van der Waals surface area contributed by atoms with Crippen molar-refractivity contribution in [3.8, 4) is 5.69 Å². The molecular weight excluding hydrogens is 364 g/mol. The molecule has 0 N–H and O–H groups in total. The van der Waals surface area contributed by atoms with Gasteiger partial charge in [-0.1, -0.05) is 30.3 Å². The van der Waals surface area contributed by atoms with Crippen molar-refractivity contribution in [2.75, 3.05) is 31.1 Å². The number of hydrogen-bond donors (Lipinski definition) is 0. The number of hydrogen-bond acceptors (Lipinski definition) is 4. The average Bonchev–Trinajstić information content (AvgIpc) is 2.74. The van der Waals surface area contributed by atoms with E-state index in [2.05, 4.69) is 35.1 Å². The van der Waals surface area contributed by atoms with Crippen molar-refractivity contribution in [2.45, 2.75) is 13.8 Å². The summed E-state index contributed by atoms with van der Waals surface area (Å²) in [5.74, 6) is -0.302. The van der Waals surface area contributed by atoms with Crippen molar-refractivity contribution in [1.82, 2.24) is 14.7 Å². The third-order valence-electron chi connectivity index (χ3n) is 5.24. The third kappa shape index (κ3) is 3.92. The molecule has 29 heavy (non-hydrogen) atoms. The van der Waals surface area contributed by atoms with Crippen molar-refractivity contribution >= 4 is 11.6 Å². The zero-order chi connectivity index (χ0) is 20.4. The first-order chi connectivity index (χ1) is 14.0. The van der Waals surface area contributed by atoms with Crippen LogP contribution in [0.25, 0.3) is 5.69 Å². The van der Waals surface area contributed by atoms with Crippen LogP contribution in [0.15, 0.2) is 65.5 Å². The van der Waals surface area contributed by atoms with E-state index < -0.39 is 0 Å². The lowest BCUT2D eigenvalue weighted by Gasteiger charge is -2.36. The van der Waals surface area contributed by atoms with E-state index >= 15 is 0 Å². The Morgan fingerprint density at radius 1 is 0.862 bits per heavy atom. The quantitative estimate of drug-likeness (QED) is 0.692. The van der Waals surface area contributed by atoms with Gasteiger partial charge in [-0.2, -0.15) is 5.10 Å². The first-order valence-corrected chi connectivity index (χ1v) is 9.80. The van der Waals surface area contributed by atoms with Crippen LogP contribution in [0.5, 0.6) is 0 Å². The van der Waals surface area contributed by atoms with Crippen molar-refractivity contribution in [3.05, 3.63) is 87.8 Å². The van der Waals surface area contributed by atoms with Crippen LogP contribution >= 0.6 is 0 Å². The molecule has 0 unspecified atom stereocenters. The Bertz CT molecular complexity index is 1080. The van der Waals surface area contributed by atoms with Gasteiger partial charge in [-0.3, -0.25) is 9.59 Å². The summed E-state index contributed by atoms with van der Waals surface area (Å²) in [6, 6.07) is 19.4. The Morgan fingerprint density at radius 3 is 2.24 bits per heavy atom. The number of carbonyl (C=O) groups excluding carboxylic acids is 1. The number of rotatable bonds is 3. The molecule has 1 saturated heterocycles. The summed E-state index contributed by atoms with van der Waals surface area (Å²) < 4.78 is 1.65. The topological polar surface area (TPSA) is 58.4 Å².